The van der Waals surface area contributed by atoms with Gasteiger partial charge in [0, 0.05) is 23.1 Å². The first-order valence-electron chi connectivity index (χ1n) is 9.09. The van der Waals surface area contributed by atoms with E-state index in [2.05, 4.69) is 15.9 Å². The first kappa shape index (κ1) is 20.7. The van der Waals surface area contributed by atoms with Crippen LogP contribution in [0.5, 0.6) is 11.5 Å². The van der Waals surface area contributed by atoms with E-state index < -0.39 is 11.1 Å². The first-order valence-corrected chi connectivity index (χ1v) is 10.7. The van der Waals surface area contributed by atoms with Gasteiger partial charge in [-0.2, -0.15) is 0 Å². The average Bonchev–Trinajstić information content (AvgIpc) is 2.93. The standard InChI is InChI=1S/C19H21BrN2O5S/c1-2-27-14-10-13(20)8-12(17(14)24)9-15-18(25)22(19(26)28-15)11-16(23)21-6-4-3-5-7-21/h8-10,24H,2-7,11H2,1H3/b15-9-. The summed E-state index contributed by atoms with van der Waals surface area (Å²) in [4.78, 5) is 40.2. The van der Waals surface area contributed by atoms with E-state index in [1.807, 2.05) is 0 Å². The summed E-state index contributed by atoms with van der Waals surface area (Å²) in [5.74, 6) is -0.575. The van der Waals surface area contributed by atoms with Crippen molar-refractivity contribution in [2.45, 2.75) is 26.2 Å². The van der Waals surface area contributed by atoms with Crippen LogP contribution in [0.2, 0.25) is 0 Å². The van der Waals surface area contributed by atoms with Crippen LogP contribution in [0.15, 0.2) is 21.5 Å². The van der Waals surface area contributed by atoms with Crippen molar-refractivity contribution in [3.63, 3.8) is 0 Å². The number of halogens is 1. The number of carbonyl (C=O) groups is 3. The third-order valence-electron chi connectivity index (χ3n) is 4.53. The maximum Gasteiger partial charge on any atom is 0.294 e. The fraction of sp³-hybridized carbons (Fsp3) is 0.421. The number of likely N-dealkylation sites (tertiary alicyclic amines) is 1. The molecule has 150 valence electrons. The van der Waals surface area contributed by atoms with Gasteiger partial charge in [0.2, 0.25) is 5.91 Å². The molecular formula is C19H21BrN2O5S. The number of carbonyl (C=O) groups excluding carboxylic acids is 3. The lowest BCUT2D eigenvalue weighted by Crippen LogP contribution is -2.44. The molecule has 0 saturated carbocycles. The highest BCUT2D eigenvalue weighted by Crippen LogP contribution is 2.38. The summed E-state index contributed by atoms with van der Waals surface area (Å²) in [6, 6.07) is 3.25. The van der Waals surface area contributed by atoms with Crippen LogP contribution in [0.4, 0.5) is 4.79 Å². The van der Waals surface area contributed by atoms with Gasteiger partial charge in [0.1, 0.15) is 6.54 Å². The molecule has 9 heteroatoms. The largest absolute Gasteiger partial charge is 0.504 e. The molecule has 2 fully saturated rings. The second-order valence-electron chi connectivity index (χ2n) is 6.48. The quantitative estimate of drug-likeness (QED) is 0.664. The van der Waals surface area contributed by atoms with Crippen LogP contribution < -0.4 is 4.74 Å². The summed E-state index contributed by atoms with van der Waals surface area (Å²) in [7, 11) is 0. The topological polar surface area (TPSA) is 87.2 Å². The Hall–Kier alpha value is -2.00. The van der Waals surface area contributed by atoms with Crippen LogP contribution in [0.1, 0.15) is 31.7 Å². The van der Waals surface area contributed by atoms with Gasteiger partial charge in [0.05, 0.1) is 11.5 Å². The van der Waals surface area contributed by atoms with E-state index in [1.165, 1.54) is 6.08 Å². The molecule has 0 bridgehead atoms. The molecule has 0 aromatic heterocycles. The summed E-state index contributed by atoms with van der Waals surface area (Å²) >= 11 is 4.10. The molecule has 7 nitrogen and oxygen atoms in total. The van der Waals surface area contributed by atoms with E-state index in [1.54, 1.807) is 24.0 Å². The van der Waals surface area contributed by atoms with Crippen molar-refractivity contribution in [1.82, 2.24) is 9.80 Å². The molecule has 0 spiro atoms. The molecule has 2 heterocycles. The fourth-order valence-corrected chi connectivity index (χ4v) is 4.41. The minimum atomic E-state index is -0.530. The van der Waals surface area contributed by atoms with E-state index in [-0.39, 0.29) is 28.9 Å². The molecular weight excluding hydrogens is 448 g/mol. The van der Waals surface area contributed by atoms with Gasteiger partial charge in [-0.1, -0.05) is 15.9 Å². The highest BCUT2D eigenvalue weighted by molar-refractivity contribution is 9.10. The van der Waals surface area contributed by atoms with Gasteiger partial charge >= 0.3 is 0 Å². The number of thioether (sulfide) groups is 1. The van der Waals surface area contributed by atoms with Gasteiger partial charge in [-0.25, -0.2) is 0 Å². The normalized spacial score (nSPS) is 18.9. The van der Waals surface area contributed by atoms with Gasteiger partial charge in [-0.3, -0.25) is 19.3 Å². The molecule has 3 rings (SSSR count). The summed E-state index contributed by atoms with van der Waals surface area (Å²) in [6.07, 6.45) is 4.42. The van der Waals surface area contributed by atoms with Gasteiger partial charge in [-0.05, 0) is 56.2 Å². The van der Waals surface area contributed by atoms with Gasteiger partial charge in [-0.15, -0.1) is 0 Å². The Morgan fingerprint density at radius 2 is 2.00 bits per heavy atom. The van der Waals surface area contributed by atoms with Crippen LogP contribution in [-0.4, -0.2) is 58.2 Å². The van der Waals surface area contributed by atoms with E-state index in [9.17, 15) is 19.5 Å². The number of benzene rings is 1. The Morgan fingerprint density at radius 1 is 1.29 bits per heavy atom. The second kappa shape index (κ2) is 9.00. The monoisotopic (exact) mass is 468 g/mol. The zero-order valence-electron chi connectivity index (χ0n) is 15.4. The van der Waals surface area contributed by atoms with Crippen LogP contribution in [0, 0.1) is 0 Å². The van der Waals surface area contributed by atoms with Gasteiger partial charge in [0.25, 0.3) is 11.1 Å². The Kier molecular flexibility index (Phi) is 6.66. The molecule has 2 saturated heterocycles. The number of hydrogen-bond donors (Lipinski definition) is 1. The summed E-state index contributed by atoms with van der Waals surface area (Å²) in [5, 5.41) is 9.88. The van der Waals surface area contributed by atoms with Crippen molar-refractivity contribution < 1.29 is 24.2 Å². The molecule has 2 aliphatic rings. The van der Waals surface area contributed by atoms with Crippen LogP contribution in [0.3, 0.4) is 0 Å². The number of amides is 3. The van der Waals surface area contributed by atoms with E-state index >= 15 is 0 Å². The van der Waals surface area contributed by atoms with E-state index in [0.29, 0.717) is 29.7 Å². The molecule has 1 N–H and O–H groups in total. The smallest absolute Gasteiger partial charge is 0.294 e. The number of aromatic hydroxyl groups is 1. The Balaban J connectivity index is 1.78. The van der Waals surface area contributed by atoms with Crippen LogP contribution in [-0.2, 0) is 9.59 Å². The van der Waals surface area contributed by atoms with Crippen LogP contribution >= 0.6 is 27.7 Å². The molecule has 0 atom stereocenters. The van der Waals surface area contributed by atoms with E-state index in [0.717, 1.165) is 35.9 Å². The molecule has 28 heavy (non-hydrogen) atoms. The second-order valence-corrected chi connectivity index (χ2v) is 8.39. The maximum atomic E-state index is 12.7. The SMILES string of the molecule is CCOc1cc(Br)cc(/C=C2\SC(=O)N(CC(=O)N3CCCCC3)C2=O)c1O. The number of phenolic OH excluding ortho intramolecular Hbond substituents is 1. The Morgan fingerprint density at radius 3 is 2.68 bits per heavy atom. The molecule has 3 amide bonds. The number of nitrogens with zero attached hydrogens (tertiary/aromatic N) is 2. The van der Waals surface area contributed by atoms with Gasteiger partial charge in [0.15, 0.2) is 11.5 Å². The summed E-state index contributed by atoms with van der Waals surface area (Å²) in [5.41, 5.74) is 0.352. The Bertz CT molecular complexity index is 836. The summed E-state index contributed by atoms with van der Waals surface area (Å²) < 4.78 is 6.05. The lowest BCUT2D eigenvalue weighted by atomic mass is 10.1. The van der Waals surface area contributed by atoms with Crippen molar-refractivity contribution in [2.24, 2.45) is 0 Å². The number of ether oxygens (including phenoxy) is 1. The predicted octanol–water partition coefficient (Wildman–Crippen LogP) is 3.60. The van der Waals surface area contributed by atoms with Crippen molar-refractivity contribution in [2.75, 3.05) is 26.2 Å². The van der Waals surface area contributed by atoms with Gasteiger partial charge < -0.3 is 14.7 Å². The zero-order chi connectivity index (χ0) is 20.3. The number of piperidine rings is 1. The minimum Gasteiger partial charge on any atom is -0.504 e. The van der Waals surface area contributed by atoms with Crippen molar-refractivity contribution in [1.29, 1.82) is 0 Å². The lowest BCUT2D eigenvalue weighted by Gasteiger charge is -2.27. The highest BCUT2D eigenvalue weighted by Gasteiger charge is 2.37. The molecule has 0 aliphatic carbocycles. The van der Waals surface area contributed by atoms with Crippen molar-refractivity contribution >= 4 is 50.8 Å². The zero-order valence-corrected chi connectivity index (χ0v) is 17.8. The average molecular weight is 469 g/mol. The minimum absolute atomic E-state index is 0.110. The molecule has 0 unspecified atom stereocenters. The van der Waals surface area contributed by atoms with E-state index in [4.69, 9.17) is 4.74 Å². The molecule has 1 aromatic rings. The van der Waals surface area contributed by atoms with Crippen molar-refractivity contribution in [3.05, 3.63) is 27.1 Å². The lowest BCUT2D eigenvalue weighted by molar-refractivity contribution is -0.136. The molecule has 2 aliphatic heterocycles. The molecule has 1 aromatic carbocycles. The fourth-order valence-electron chi connectivity index (χ4n) is 3.13. The predicted molar refractivity (Wildman–Crippen MR) is 110 cm³/mol. The molecule has 0 radical (unpaired) electrons. The number of hydrogen-bond acceptors (Lipinski definition) is 6. The Labute approximate surface area is 175 Å². The third kappa shape index (κ3) is 4.52. The van der Waals surface area contributed by atoms with Crippen molar-refractivity contribution in [3.8, 4) is 11.5 Å². The maximum absolute atomic E-state index is 12.7. The number of imide groups is 1. The highest BCUT2D eigenvalue weighted by atomic mass is 79.9. The first-order chi connectivity index (χ1) is 13.4. The van der Waals surface area contributed by atoms with Crippen LogP contribution in [0.25, 0.3) is 6.08 Å². The number of phenols is 1. The summed E-state index contributed by atoms with van der Waals surface area (Å²) in [6.45, 7) is 3.24. The third-order valence-corrected chi connectivity index (χ3v) is 5.90. The number of rotatable bonds is 5.